The Hall–Kier alpha value is -1.86. The molecule has 0 radical (unpaired) electrons. The van der Waals surface area contributed by atoms with Gasteiger partial charge in [-0.3, -0.25) is 4.79 Å². The highest BCUT2D eigenvalue weighted by molar-refractivity contribution is 5.67. The van der Waals surface area contributed by atoms with Gasteiger partial charge in [-0.05, 0) is 49.1 Å². The minimum absolute atomic E-state index is 0.0213. The lowest BCUT2D eigenvalue weighted by molar-refractivity contribution is -0.137. The van der Waals surface area contributed by atoms with Crippen molar-refractivity contribution in [3.63, 3.8) is 0 Å². The second-order valence-corrected chi connectivity index (χ2v) is 4.78. The van der Waals surface area contributed by atoms with Gasteiger partial charge in [-0.25, -0.2) is 0 Å². The number of carbonyl (C=O) groups is 1. The predicted octanol–water partition coefficient (Wildman–Crippen LogP) is 2.52. The highest BCUT2D eigenvalue weighted by atomic mass is 16.4. The molecule has 0 aliphatic heterocycles. The molecule has 0 amide bonds. The average molecular weight is 260 g/mol. The SMILES string of the molecule is CC[C@H](CC(=O)O)NCc1c(C)cc(C#N)cc1C. The van der Waals surface area contributed by atoms with E-state index in [1.54, 1.807) is 0 Å². The topological polar surface area (TPSA) is 73.1 Å². The number of aliphatic carboxylic acids is 1. The monoisotopic (exact) mass is 260 g/mol. The van der Waals surface area contributed by atoms with Crippen LogP contribution in [0.1, 0.15) is 42.0 Å². The summed E-state index contributed by atoms with van der Waals surface area (Å²) in [6, 6.07) is 5.85. The van der Waals surface area contributed by atoms with E-state index in [1.807, 2.05) is 32.9 Å². The van der Waals surface area contributed by atoms with Crippen molar-refractivity contribution in [2.75, 3.05) is 0 Å². The maximum Gasteiger partial charge on any atom is 0.304 e. The van der Waals surface area contributed by atoms with E-state index >= 15 is 0 Å². The van der Waals surface area contributed by atoms with Gasteiger partial charge in [-0.1, -0.05) is 6.92 Å². The van der Waals surface area contributed by atoms with Crippen LogP contribution in [0.5, 0.6) is 0 Å². The Labute approximate surface area is 114 Å². The number of nitrogens with zero attached hydrogens (tertiary/aromatic N) is 1. The molecular formula is C15H20N2O2. The molecule has 102 valence electrons. The maximum atomic E-state index is 10.7. The lowest BCUT2D eigenvalue weighted by Gasteiger charge is -2.17. The van der Waals surface area contributed by atoms with Gasteiger partial charge in [-0.15, -0.1) is 0 Å². The van der Waals surface area contributed by atoms with Crippen LogP contribution in [0.4, 0.5) is 0 Å². The second kappa shape index (κ2) is 6.91. The fourth-order valence-electron chi connectivity index (χ4n) is 2.15. The lowest BCUT2D eigenvalue weighted by atomic mass is 9.99. The third-order valence-corrected chi connectivity index (χ3v) is 3.31. The van der Waals surface area contributed by atoms with Crippen molar-refractivity contribution in [3.05, 3.63) is 34.4 Å². The minimum atomic E-state index is -0.785. The smallest absolute Gasteiger partial charge is 0.304 e. The van der Waals surface area contributed by atoms with Gasteiger partial charge in [0.05, 0.1) is 18.1 Å². The van der Waals surface area contributed by atoms with Gasteiger partial charge in [0, 0.05) is 12.6 Å². The molecule has 4 nitrogen and oxygen atoms in total. The van der Waals surface area contributed by atoms with E-state index < -0.39 is 5.97 Å². The molecule has 0 saturated heterocycles. The number of carboxylic acids is 1. The molecular weight excluding hydrogens is 240 g/mol. The predicted molar refractivity (Wildman–Crippen MR) is 73.8 cm³/mol. The van der Waals surface area contributed by atoms with Gasteiger partial charge in [0.1, 0.15) is 0 Å². The molecule has 1 atom stereocenters. The molecule has 0 unspecified atom stereocenters. The Kier molecular flexibility index (Phi) is 5.53. The van der Waals surface area contributed by atoms with E-state index in [0.717, 1.165) is 23.1 Å². The van der Waals surface area contributed by atoms with E-state index in [2.05, 4.69) is 11.4 Å². The molecule has 0 bridgehead atoms. The number of benzene rings is 1. The highest BCUT2D eigenvalue weighted by Crippen LogP contribution is 2.16. The largest absolute Gasteiger partial charge is 0.481 e. The molecule has 1 aromatic carbocycles. The Balaban J connectivity index is 2.77. The van der Waals surface area contributed by atoms with Crippen LogP contribution < -0.4 is 5.32 Å². The van der Waals surface area contributed by atoms with Crippen LogP contribution in [-0.2, 0) is 11.3 Å². The standard InChI is InChI=1S/C15H20N2O2/c1-4-13(7-15(18)19)17-9-14-10(2)5-12(8-16)6-11(14)3/h5-6,13,17H,4,7,9H2,1-3H3,(H,18,19)/t13-/m1/s1. The van der Waals surface area contributed by atoms with E-state index in [1.165, 1.54) is 0 Å². The summed E-state index contributed by atoms with van der Waals surface area (Å²) in [5, 5.41) is 21.0. The lowest BCUT2D eigenvalue weighted by Crippen LogP contribution is -2.30. The van der Waals surface area contributed by atoms with Crippen LogP contribution in [0.3, 0.4) is 0 Å². The zero-order valence-electron chi connectivity index (χ0n) is 11.7. The number of hydrogen-bond donors (Lipinski definition) is 2. The quantitative estimate of drug-likeness (QED) is 0.824. The van der Waals surface area contributed by atoms with E-state index in [-0.39, 0.29) is 12.5 Å². The number of nitriles is 1. The molecule has 4 heteroatoms. The second-order valence-electron chi connectivity index (χ2n) is 4.78. The Morgan fingerprint density at radius 2 is 2.00 bits per heavy atom. The van der Waals surface area contributed by atoms with Gasteiger partial charge in [-0.2, -0.15) is 5.26 Å². The molecule has 0 saturated carbocycles. The van der Waals surface area contributed by atoms with Crippen molar-refractivity contribution < 1.29 is 9.90 Å². The van der Waals surface area contributed by atoms with E-state index in [4.69, 9.17) is 10.4 Å². The Morgan fingerprint density at radius 3 is 2.42 bits per heavy atom. The van der Waals surface area contributed by atoms with Crippen molar-refractivity contribution in [2.24, 2.45) is 0 Å². The van der Waals surface area contributed by atoms with Crippen LogP contribution in [-0.4, -0.2) is 17.1 Å². The zero-order valence-corrected chi connectivity index (χ0v) is 11.7. The van der Waals surface area contributed by atoms with Gasteiger partial charge in [0.15, 0.2) is 0 Å². The zero-order chi connectivity index (χ0) is 14.4. The van der Waals surface area contributed by atoms with Crippen molar-refractivity contribution in [1.82, 2.24) is 5.32 Å². The van der Waals surface area contributed by atoms with Crippen LogP contribution in [0, 0.1) is 25.2 Å². The summed E-state index contributed by atoms with van der Waals surface area (Å²) >= 11 is 0. The van der Waals surface area contributed by atoms with Gasteiger partial charge in [0.25, 0.3) is 0 Å². The van der Waals surface area contributed by atoms with Crippen LogP contribution in [0.15, 0.2) is 12.1 Å². The van der Waals surface area contributed by atoms with Crippen LogP contribution in [0.25, 0.3) is 0 Å². The Morgan fingerprint density at radius 1 is 1.42 bits per heavy atom. The summed E-state index contributed by atoms with van der Waals surface area (Å²) in [5.74, 6) is -0.785. The number of rotatable bonds is 6. The number of aryl methyl sites for hydroxylation is 2. The molecule has 0 fully saturated rings. The van der Waals surface area contributed by atoms with Gasteiger partial charge in [0.2, 0.25) is 0 Å². The van der Waals surface area contributed by atoms with Gasteiger partial charge >= 0.3 is 5.97 Å². The summed E-state index contributed by atoms with van der Waals surface area (Å²) in [5.41, 5.74) is 3.93. The van der Waals surface area contributed by atoms with Crippen LogP contribution >= 0.6 is 0 Å². The third-order valence-electron chi connectivity index (χ3n) is 3.31. The molecule has 0 aliphatic carbocycles. The van der Waals surface area contributed by atoms with Gasteiger partial charge < -0.3 is 10.4 Å². The summed E-state index contributed by atoms with van der Waals surface area (Å²) in [6.07, 6.45) is 0.908. The third kappa shape index (κ3) is 4.38. The summed E-state index contributed by atoms with van der Waals surface area (Å²) in [4.78, 5) is 10.7. The molecule has 1 rings (SSSR count). The molecule has 0 heterocycles. The number of carboxylic acid groups (broad SMARTS) is 1. The van der Waals surface area contributed by atoms with Crippen molar-refractivity contribution in [1.29, 1.82) is 5.26 Å². The normalized spacial score (nSPS) is 11.9. The Bertz CT molecular complexity index is 480. The average Bonchev–Trinajstić information content (AvgIpc) is 2.35. The fraction of sp³-hybridized carbons (Fsp3) is 0.467. The minimum Gasteiger partial charge on any atom is -0.481 e. The summed E-state index contributed by atoms with van der Waals surface area (Å²) < 4.78 is 0. The fourth-order valence-corrected chi connectivity index (χ4v) is 2.15. The first-order valence-electron chi connectivity index (χ1n) is 6.43. The van der Waals surface area contributed by atoms with Crippen molar-refractivity contribution in [2.45, 2.75) is 46.2 Å². The van der Waals surface area contributed by atoms with E-state index in [0.29, 0.717) is 12.1 Å². The van der Waals surface area contributed by atoms with Crippen LogP contribution in [0.2, 0.25) is 0 Å². The summed E-state index contributed by atoms with van der Waals surface area (Å²) in [6.45, 7) is 6.56. The first kappa shape index (κ1) is 15.2. The molecule has 0 aromatic heterocycles. The molecule has 0 spiro atoms. The van der Waals surface area contributed by atoms with Crippen molar-refractivity contribution in [3.8, 4) is 6.07 Å². The maximum absolute atomic E-state index is 10.7. The molecule has 0 aliphatic rings. The first-order chi connectivity index (χ1) is 8.97. The number of nitrogens with one attached hydrogen (secondary N) is 1. The molecule has 1 aromatic rings. The number of hydrogen-bond acceptors (Lipinski definition) is 3. The summed E-state index contributed by atoms with van der Waals surface area (Å²) in [7, 11) is 0. The highest BCUT2D eigenvalue weighted by Gasteiger charge is 2.12. The molecule has 19 heavy (non-hydrogen) atoms. The molecule has 2 N–H and O–H groups in total. The van der Waals surface area contributed by atoms with E-state index in [9.17, 15) is 4.79 Å². The first-order valence-corrected chi connectivity index (χ1v) is 6.43. The van der Waals surface area contributed by atoms with Crippen molar-refractivity contribution >= 4 is 5.97 Å².